The van der Waals surface area contributed by atoms with Crippen LogP contribution < -0.4 is 25.7 Å². The molecular formula is C17H20N3O2S+. The zero-order chi connectivity index (χ0) is 16.7. The Morgan fingerprint density at radius 3 is 2.78 bits per heavy atom. The maximum atomic E-state index is 5.97. The zero-order valence-corrected chi connectivity index (χ0v) is 13.9. The van der Waals surface area contributed by atoms with Crippen molar-refractivity contribution in [3.63, 3.8) is 0 Å². The molecule has 4 N–H and O–H groups in total. The fourth-order valence-electron chi connectivity index (χ4n) is 2.10. The third kappa shape index (κ3) is 4.96. The molecule has 0 heterocycles. The van der Waals surface area contributed by atoms with Crippen LogP contribution in [-0.4, -0.2) is 18.4 Å². The van der Waals surface area contributed by atoms with Gasteiger partial charge in [-0.15, -0.1) is 10.5 Å². The summed E-state index contributed by atoms with van der Waals surface area (Å²) < 4.78 is 11.4. The average Bonchev–Trinajstić information content (AvgIpc) is 2.53. The molecule has 0 spiro atoms. The molecule has 2 rings (SSSR count). The second kappa shape index (κ2) is 8.14. The molecule has 0 unspecified atom stereocenters. The van der Waals surface area contributed by atoms with E-state index >= 15 is 0 Å². The van der Waals surface area contributed by atoms with Gasteiger partial charge in [-0.1, -0.05) is 35.9 Å². The molecule has 0 amide bonds. The van der Waals surface area contributed by atoms with Crippen LogP contribution in [0.25, 0.3) is 0 Å². The quantitative estimate of drug-likeness (QED) is 0.416. The highest BCUT2D eigenvalue weighted by Gasteiger charge is 2.11. The first-order valence-electron chi connectivity index (χ1n) is 7.09. The molecule has 6 heteroatoms. The zero-order valence-electron chi connectivity index (χ0n) is 13.1. The molecule has 0 aliphatic rings. The summed E-state index contributed by atoms with van der Waals surface area (Å²) in [5, 5.41) is 2.98. The Hall–Kier alpha value is -2.60. The molecule has 0 aliphatic carbocycles. The van der Waals surface area contributed by atoms with Gasteiger partial charge in [0.15, 0.2) is 11.5 Å². The predicted molar refractivity (Wildman–Crippen MR) is 94.6 cm³/mol. The third-order valence-electron chi connectivity index (χ3n) is 3.12. The van der Waals surface area contributed by atoms with Crippen molar-refractivity contribution in [3.05, 3.63) is 59.2 Å². The second-order valence-electron chi connectivity index (χ2n) is 4.93. The lowest BCUT2D eigenvalue weighted by Gasteiger charge is -2.12. The number of nitrogens with one attached hydrogen (secondary N) is 2. The summed E-state index contributed by atoms with van der Waals surface area (Å²) in [6, 6.07) is 13.8. The second-order valence-corrected chi connectivity index (χ2v) is 5.37. The van der Waals surface area contributed by atoms with Crippen LogP contribution in [0, 0.1) is 6.92 Å². The van der Waals surface area contributed by atoms with Crippen molar-refractivity contribution < 1.29 is 14.6 Å². The molecule has 0 saturated carbocycles. The van der Waals surface area contributed by atoms with Gasteiger partial charge in [0.25, 0.3) is 0 Å². The molecule has 0 radical (unpaired) electrons. The third-order valence-corrected chi connectivity index (χ3v) is 3.22. The molecule has 120 valence electrons. The molecule has 2 aromatic rings. The largest absolute Gasteiger partial charge is 0.493 e. The van der Waals surface area contributed by atoms with Crippen molar-refractivity contribution in [3.8, 4) is 11.5 Å². The van der Waals surface area contributed by atoms with Crippen LogP contribution in [0.2, 0.25) is 0 Å². The Bertz CT molecular complexity index is 717. The van der Waals surface area contributed by atoms with Crippen molar-refractivity contribution in [1.82, 2.24) is 5.43 Å². The number of thiocarbonyl (C=S) groups is 1. The van der Waals surface area contributed by atoms with Crippen molar-refractivity contribution in [2.24, 2.45) is 5.73 Å². The lowest BCUT2D eigenvalue weighted by Crippen LogP contribution is -2.82. The topological polar surface area (TPSA) is 70.5 Å². The number of hydrazine groups is 1. The van der Waals surface area contributed by atoms with Gasteiger partial charge in [-0.2, -0.15) is 0 Å². The number of methoxy groups -OCH3 is 1. The number of hydrazone groups is 1. The monoisotopic (exact) mass is 330 g/mol. The Labute approximate surface area is 141 Å². The summed E-state index contributed by atoms with van der Waals surface area (Å²) in [6.45, 7) is 2.50. The lowest BCUT2D eigenvalue weighted by atomic mass is 10.1. The number of rotatable bonds is 6. The lowest BCUT2D eigenvalue weighted by molar-refractivity contribution is -0.499. The van der Waals surface area contributed by atoms with Crippen LogP contribution in [-0.2, 0) is 6.61 Å². The van der Waals surface area contributed by atoms with Gasteiger partial charge in [-0.05, 0) is 36.8 Å². The van der Waals surface area contributed by atoms with E-state index in [1.54, 1.807) is 13.3 Å². The van der Waals surface area contributed by atoms with Crippen molar-refractivity contribution in [2.75, 3.05) is 7.11 Å². The number of hydrogen-bond acceptors (Lipinski definition) is 3. The van der Waals surface area contributed by atoms with Crippen LogP contribution >= 0.6 is 12.2 Å². The van der Waals surface area contributed by atoms with Gasteiger partial charge in [0.05, 0.1) is 12.7 Å². The van der Waals surface area contributed by atoms with Crippen LogP contribution in [0.4, 0.5) is 0 Å². The van der Waals surface area contributed by atoms with E-state index in [0.29, 0.717) is 18.1 Å². The fourth-order valence-corrected chi connectivity index (χ4v) is 2.16. The molecule has 23 heavy (non-hydrogen) atoms. The molecule has 0 aromatic heterocycles. The van der Waals surface area contributed by atoms with Crippen molar-refractivity contribution in [1.29, 1.82) is 0 Å². The molecule has 5 nitrogen and oxygen atoms in total. The highest BCUT2D eigenvalue weighted by atomic mass is 32.1. The predicted octanol–water partition coefficient (Wildman–Crippen LogP) is 0.830. The van der Waals surface area contributed by atoms with E-state index in [-0.39, 0.29) is 5.11 Å². The van der Waals surface area contributed by atoms with E-state index in [2.05, 4.69) is 29.6 Å². The highest BCUT2D eigenvalue weighted by molar-refractivity contribution is 7.80. The Morgan fingerprint density at radius 1 is 1.30 bits per heavy atom. The normalized spacial score (nSPS) is 10.5. The number of hydrogen-bond donors (Lipinski definition) is 3. The van der Waals surface area contributed by atoms with E-state index < -0.39 is 0 Å². The highest BCUT2D eigenvalue weighted by Crippen LogP contribution is 2.30. The summed E-state index contributed by atoms with van der Waals surface area (Å²) in [5.41, 5.74) is 11.1. The van der Waals surface area contributed by atoms with Crippen LogP contribution in [0.1, 0.15) is 16.7 Å². The van der Waals surface area contributed by atoms with E-state index in [0.717, 1.165) is 11.1 Å². The summed E-state index contributed by atoms with van der Waals surface area (Å²) in [5.74, 6) is 1.30. The van der Waals surface area contributed by atoms with Crippen molar-refractivity contribution in [2.45, 2.75) is 13.5 Å². The van der Waals surface area contributed by atoms with Gasteiger partial charge in [0, 0.05) is 0 Å². The minimum atomic E-state index is 0.159. The molecular weight excluding hydrogens is 310 g/mol. The smallest absolute Gasteiger partial charge is 0.221 e. The van der Waals surface area contributed by atoms with Gasteiger partial charge in [0.1, 0.15) is 6.61 Å². The summed E-state index contributed by atoms with van der Waals surface area (Å²) in [6.07, 6.45) is 1.72. The maximum Gasteiger partial charge on any atom is 0.221 e. The van der Waals surface area contributed by atoms with Gasteiger partial charge in [-0.25, -0.2) is 0 Å². The minimum absolute atomic E-state index is 0.159. The average molecular weight is 330 g/mol. The van der Waals surface area contributed by atoms with E-state index in [9.17, 15) is 0 Å². The molecule has 0 fully saturated rings. The number of ether oxygens (including phenoxy) is 2. The summed E-state index contributed by atoms with van der Waals surface area (Å²) in [7, 11) is 1.61. The minimum Gasteiger partial charge on any atom is -0.493 e. The number of para-hydroxylation sites is 1. The van der Waals surface area contributed by atoms with Crippen LogP contribution in [0.15, 0.2) is 42.5 Å². The number of nitrogens with two attached hydrogens (primary N) is 1. The molecule has 0 aliphatic heterocycles. The fraction of sp³-hybridized carbons (Fsp3) is 0.176. The first kappa shape index (κ1) is 16.8. The van der Waals surface area contributed by atoms with E-state index in [1.807, 2.05) is 30.3 Å². The first-order valence-corrected chi connectivity index (χ1v) is 7.50. The van der Waals surface area contributed by atoms with Crippen LogP contribution in [0.5, 0.6) is 11.5 Å². The maximum absolute atomic E-state index is 5.97. The Kier molecular flexibility index (Phi) is 5.94. The molecule has 0 saturated heterocycles. The number of benzene rings is 2. The Balaban J connectivity index is 2.21. The molecule has 0 bridgehead atoms. The Morgan fingerprint density at radius 2 is 2.09 bits per heavy atom. The van der Waals surface area contributed by atoms with Gasteiger partial charge in [-0.3, -0.25) is 0 Å². The van der Waals surface area contributed by atoms with Crippen molar-refractivity contribution >= 4 is 23.5 Å². The summed E-state index contributed by atoms with van der Waals surface area (Å²) in [4.78, 5) is 0. The summed E-state index contributed by atoms with van der Waals surface area (Å²) >= 11 is 4.75. The standard InChI is InChI=1S/C17H19N3O2S/c1-12-5-3-6-13(9-12)11-22-16-14(10-19-20-17(18)23)7-4-8-15(16)21-2/h3-10H,11H2,1-2H3,(H3,18,20,23)/p+1. The molecule has 0 atom stereocenters. The SMILES string of the molecule is COc1cccc(C=[NH+]NC(N)=S)c1OCc1cccc(C)c1. The van der Waals surface area contributed by atoms with E-state index in [1.165, 1.54) is 5.56 Å². The molecule has 2 aromatic carbocycles. The number of aryl methyl sites for hydroxylation is 1. The van der Waals surface area contributed by atoms with Gasteiger partial charge in [0.2, 0.25) is 11.3 Å². The van der Waals surface area contributed by atoms with Gasteiger partial charge >= 0.3 is 0 Å². The first-order chi connectivity index (χ1) is 11.1. The van der Waals surface area contributed by atoms with E-state index in [4.69, 9.17) is 27.4 Å². The van der Waals surface area contributed by atoms with Gasteiger partial charge < -0.3 is 15.2 Å². The van der Waals surface area contributed by atoms with Crippen LogP contribution in [0.3, 0.4) is 0 Å².